The van der Waals surface area contributed by atoms with Crippen molar-refractivity contribution in [2.24, 2.45) is 17.8 Å². The van der Waals surface area contributed by atoms with Crippen LogP contribution in [0.3, 0.4) is 0 Å². The van der Waals surface area contributed by atoms with Crippen LogP contribution < -0.4 is 5.32 Å². The zero-order chi connectivity index (χ0) is 18.4. The molecule has 0 aromatic rings. The molecule has 0 saturated heterocycles. The van der Waals surface area contributed by atoms with Gasteiger partial charge < -0.3 is 19.9 Å². The maximum absolute atomic E-state index is 12.7. The molecule has 5 nitrogen and oxygen atoms in total. The molecule has 1 heterocycles. The second kappa shape index (κ2) is 9.75. The number of carbonyl (C=O) groups is 1. The molecule has 0 radical (unpaired) electrons. The lowest BCUT2D eigenvalue weighted by atomic mass is 9.71. The zero-order valence-corrected chi connectivity index (χ0v) is 16.1. The molecule has 0 unspecified atom stereocenters. The number of amides is 1. The Balaban J connectivity index is 1.78. The van der Waals surface area contributed by atoms with Crippen LogP contribution in [0.4, 0.5) is 0 Å². The highest BCUT2D eigenvalue weighted by Crippen LogP contribution is 2.42. The number of rotatable bonds is 8. The smallest absolute Gasteiger partial charge is 0.286 e. The third kappa shape index (κ3) is 4.80. The van der Waals surface area contributed by atoms with Crippen LogP contribution in [0.25, 0.3) is 0 Å². The third-order valence-electron chi connectivity index (χ3n) is 6.32. The fourth-order valence-electron chi connectivity index (χ4n) is 4.65. The first kappa shape index (κ1) is 19.7. The van der Waals surface area contributed by atoms with Crippen molar-refractivity contribution in [3.8, 4) is 0 Å². The zero-order valence-electron chi connectivity index (χ0n) is 16.1. The number of aliphatic hydroxyl groups is 1. The van der Waals surface area contributed by atoms with E-state index >= 15 is 0 Å². The number of hydrogen-bond acceptors (Lipinski definition) is 4. The Kier molecular flexibility index (Phi) is 7.38. The Bertz CT molecular complexity index is 482. The Morgan fingerprint density at radius 3 is 2.62 bits per heavy atom. The number of aliphatic hydroxyl groups excluding tert-OH is 1. The van der Waals surface area contributed by atoms with Gasteiger partial charge in [-0.1, -0.05) is 19.3 Å². The number of allylic oxidation sites excluding steroid dienone is 1. The first-order chi connectivity index (χ1) is 12.7. The topological polar surface area (TPSA) is 67.8 Å². The molecule has 3 rings (SSSR count). The second-order valence-electron chi connectivity index (χ2n) is 8.08. The molecular weight excluding hydrogens is 330 g/mol. The Labute approximate surface area is 157 Å². The summed E-state index contributed by atoms with van der Waals surface area (Å²) in [7, 11) is 0. The van der Waals surface area contributed by atoms with Crippen LogP contribution >= 0.6 is 0 Å². The summed E-state index contributed by atoms with van der Waals surface area (Å²) in [5.41, 5.74) is 0. The largest absolute Gasteiger partial charge is 0.459 e. The highest BCUT2D eigenvalue weighted by Gasteiger charge is 2.41. The minimum Gasteiger partial charge on any atom is -0.459 e. The minimum atomic E-state index is -0.384. The standard InChI is InChI=1S/C21H35NO4/c1-2-25-21-17(12-7-13-23)18(15-8-4-3-5-9-15)14-19(26-21)20(24)22-16-10-6-11-16/h14-18,21,23H,2-13H2,1H3,(H,22,24)/t17-,18+,21+/m0/s1. The normalized spacial score (nSPS) is 30.2. The summed E-state index contributed by atoms with van der Waals surface area (Å²) in [6.07, 6.45) is 12.9. The summed E-state index contributed by atoms with van der Waals surface area (Å²) in [5.74, 6) is 1.47. The second-order valence-corrected chi connectivity index (χ2v) is 8.08. The highest BCUT2D eigenvalue weighted by atomic mass is 16.7. The molecule has 2 fully saturated rings. The van der Waals surface area contributed by atoms with Crippen molar-refractivity contribution in [2.75, 3.05) is 13.2 Å². The third-order valence-corrected chi connectivity index (χ3v) is 6.32. The van der Waals surface area contributed by atoms with Crippen molar-refractivity contribution in [1.82, 2.24) is 5.32 Å². The van der Waals surface area contributed by atoms with E-state index in [9.17, 15) is 9.90 Å². The van der Waals surface area contributed by atoms with Gasteiger partial charge in [-0.15, -0.1) is 0 Å². The summed E-state index contributed by atoms with van der Waals surface area (Å²) in [5, 5.41) is 12.4. The lowest BCUT2D eigenvalue weighted by Gasteiger charge is -2.41. The number of nitrogens with one attached hydrogen (secondary N) is 1. The van der Waals surface area contributed by atoms with E-state index in [0.717, 1.165) is 25.7 Å². The van der Waals surface area contributed by atoms with E-state index in [1.807, 2.05) is 6.92 Å². The average molecular weight is 366 g/mol. The summed E-state index contributed by atoms with van der Waals surface area (Å²) in [6, 6.07) is 0.304. The molecule has 0 aromatic carbocycles. The Hall–Kier alpha value is -1.07. The molecule has 3 aliphatic rings. The van der Waals surface area contributed by atoms with Gasteiger partial charge >= 0.3 is 0 Å². The lowest BCUT2D eigenvalue weighted by molar-refractivity contribution is -0.177. The van der Waals surface area contributed by atoms with E-state index < -0.39 is 0 Å². The van der Waals surface area contributed by atoms with Crippen LogP contribution in [0, 0.1) is 17.8 Å². The summed E-state index contributed by atoms with van der Waals surface area (Å²) in [4.78, 5) is 12.7. The minimum absolute atomic E-state index is 0.0826. The van der Waals surface area contributed by atoms with Gasteiger partial charge in [0.1, 0.15) is 0 Å². The Morgan fingerprint density at radius 1 is 1.23 bits per heavy atom. The van der Waals surface area contributed by atoms with Gasteiger partial charge in [0.2, 0.25) is 6.29 Å². The predicted molar refractivity (Wildman–Crippen MR) is 100 cm³/mol. The van der Waals surface area contributed by atoms with Crippen molar-refractivity contribution >= 4 is 5.91 Å². The quantitative estimate of drug-likeness (QED) is 0.691. The van der Waals surface area contributed by atoms with Crippen LogP contribution in [0.5, 0.6) is 0 Å². The molecule has 0 spiro atoms. The monoisotopic (exact) mass is 365 g/mol. The van der Waals surface area contributed by atoms with E-state index in [2.05, 4.69) is 11.4 Å². The van der Waals surface area contributed by atoms with Crippen molar-refractivity contribution in [2.45, 2.75) is 83.5 Å². The average Bonchev–Trinajstić information content (AvgIpc) is 2.64. The Morgan fingerprint density at radius 2 is 2.00 bits per heavy atom. The maximum Gasteiger partial charge on any atom is 0.286 e. The lowest BCUT2D eigenvalue weighted by Crippen LogP contribution is -2.45. The van der Waals surface area contributed by atoms with Crippen LogP contribution in [-0.2, 0) is 14.3 Å². The molecule has 3 atom stereocenters. The molecule has 1 aliphatic heterocycles. The first-order valence-corrected chi connectivity index (χ1v) is 10.6. The van der Waals surface area contributed by atoms with E-state index in [-0.39, 0.29) is 24.7 Å². The number of ether oxygens (including phenoxy) is 2. The van der Waals surface area contributed by atoms with Crippen molar-refractivity contribution in [3.05, 3.63) is 11.8 Å². The van der Waals surface area contributed by atoms with Crippen molar-refractivity contribution in [3.63, 3.8) is 0 Å². The summed E-state index contributed by atoms with van der Waals surface area (Å²) >= 11 is 0. The van der Waals surface area contributed by atoms with Gasteiger partial charge in [0.05, 0.1) is 0 Å². The van der Waals surface area contributed by atoms with Crippen LogP contribution in [0.2, 0.25) is 0 Å². The molecule has 2 N–H and O–H groups in total. The fourth-order valence-corrected chi connectivity index (χ4v) is 4.65. The molecule has 2 saturated carbocycles. The molecule has 2 aliphatic carbocycles. The number of hydrogen-bond donors (Lipinski definition) is 2. The van der Waals surface area contributed by atoms with Gasteiger partial charge in [-0.05, 0) is 69.8 Å². The summed E-state index contributed by atoms with van der Waals surface area (Å²) < 4.78 is 11.9. The molecule has 0 aromatic heterocycles. The molecule has 5 heteroatoms. The van der Waals surface area contributed by atoms with Gasteiger partial charge in [0, 0.05) is 25.2 Å². The van der Waals surface area contributed by atoms with Gasteiger partial charge in [0.25, 0.3) is 5.91 Å². The van der Waals surface area contributed by atoms with E-state index in [0.29, 0.717) is 30.2 Å². The van der Waals surface area contributed by atoms with Crippen molar-refractivity contribution < 1.29 is 19.4 Å². The predicted octanol–water partition coefficient (Wildman–Crippen LogP) is 3.52. The highest BCUT2D eigenvalue weighted by molar-refractivity contribution is 5.91. The van der Waals surface area contributed by atoms with Gasteiger partial charge in [-0.3, -0.25) is 4.79 Å². The summed E-state index contributed by atoms with van der Waals surface area (Å²) in [6.45, 7) is 2.72. The molecule has 148 valence electrons. The van der Waals surface area contributed by atoms with E-state index in [4.69, 9.17) is 9.47 Å². The van der Waals surface area contributed by atoms with E-state index in [1.54, 1.807) is 0 Å². The SMILES string of the molecule is CCO[C@@H]1OC(C(=O)NC2CCC2)=C[C@H](C2CCCCC2)[C@@H]1CCCO. The molecule has 1 amide bonds. The van der Waals surface area contributed by atoms with Gasteiger partial charge in [-0.25, -0.2) is 0 Å². The molecule has 0 bridgehead atoms. The maximum atomic E-state index is 12.7. The first-order valence-electron chi connectivity index (χ1n) is 10.6. The van der Waals surface area contributed by atoms with Crippen LogP contribution in [0.15, 0.2) is 11.8 Å². The van der Waals surface area contributed by atoms with Gasteiger partial charge in [-0.2, -0.15) is 0 Å². The van der Waals surface area contributed by atoms with Crippen molar-refractivity contribution in [1.29, 1.82) is 0 Å². The van der Waals surface area contributed by atoms with Crippen LogP contribution in [0.1, 0.15) is 71.1 Å². The van der Waals surface area contributed by atoms with E-state index in [1.165, 1.54) is 38.5 Å². The van der Waals surface area contributed by atoms with Crippen LogP contribution in [-0.4, -0.2) is 36.6 Å². The molecule has 26 heavy (non-hydrogen) atoms. The van der Waals surface area contributed by atoms with Gasteiger partial charge in [0.15, 0.2) is 5.76 Å². The molecular formula is C21H35NO4. The fraction of sp³-hybridized carbons (Fsp3) is 0.857. The number of carbonyl (C=O) groups excluding carboxylic acids is 1.